The van der Waals surface area contributed by atoms with Crippen molar-refractivity contribution in [3.8, 4) is 0 Å². The van der Waals surface area contributed by atoms with E-state index < -0.39 is 5.91 Å². The molecule has 0 aromatic carbocycles. The number of amides is 1. The number of nitrogen functional groups attached to an aromatic ring is 1. The summed E-state index contributed by atoms with van der Waals surface area (Å²) in [4.78, 5) is 11.4. The number of nitrogens with two attached hydrogens (primary N) is 2. The van der Waals surface area contributed by atoms with Crippen LogP contribution in [0.25, 0.3) is 0 Å². The summed E-state index contributed by atoms with van der Waals surface area (Å²) >= 11 is 0. The average Bonchev–Trinajstić information content (AvgIpc) is 2.34. The molecule has 7 nitrogen and oxygen atoms in total. The van der Waals surface area contributed by atoms with Crippen LogP contribution in [0.15, 0.2) is 6.20 Å². The molecule has 0 saturated carbocycles. The first-order valence-corrected chi connectivity index (χ1v) is 2.43. The largest absolute Gasteiger partial charge is 0.364 e. The van der Waals surface area contributed by atoms with Gasteiger partial charge in [-0.25, -0.2) is 11.4 Å². The molecular weight excluding hydrogens is 136 g/mol. The van der Waals surface area contributed by atoms with Gasteiger partial charge in [-0.15, -0.1) is 5.10 Å². The van der Waals surface area contributed by atoms with E-state index in [2.05, 4.69) is 15.8 Å². The third-order valence-electron chi connectivity index (χ3n) is 0.878. The summed E-state index contributed by atoms with van der Waals surface area (Å²) in [5, 5.41) is 6.77. The molecule has 0 bridgehead atoms. The molecule has 0 aliphatic heterocycles. The van der Waals surface area contributed by atoms with Crippen LogP contribution in [0, 0.1) is 0 Å². The maximum atomic E-state index is 10.4. The normalized spacial score (nSPS) is 9.30. The van der Waals surface area contributed by atoms with Crippen LogP contribution in [-0.2, 0) is 0 Å². The maximum absolute atomic E-state index is 10.4. The van der Waals surface area contributed by atoms with Gasteiger partial charge in [0, 0.05) is 0 Å². The number of carbonyl (C=O) groups excluding carboxylic acids is 1. The molecule has 1 rings (SSSR count). The van der Waals surface area contributed by atoms with Gasteiger partial charge in [0.25, 0.3) is 5.91 Å². The second-order valence-electron chi connectivity index (χ2n) is 1.54. The number of aromatic nitrogens is 3. The van der Waals surface area contributed by atoms with Crippen molar-refractivity contribution in [1.82, 2.24) is 15.1 Å². The van der Waals surface area contributed by atoms with Crippen molar-refractivity contribution >= 4 is 5.91 Å². The monoisotopic (exact) mass is 142 g/mol. The summed E-state index contributed by atoms with van der Waals surface area (Å²) in [6.07, 6.45) is 1.28. The number of nitrogens with one attached hydrogen (secondary N) is 1. The highest BCUT2D eigenvalue weighted by Crippen LogP contribution is 1.86. The predicted molar refractivity (Wildman–Crippen MR) is 32.1 cm³/mol. The summed E-state index contributed by atoms with van der Waals surface area (Å²) in [6.45, 7) is 0. The van der Waals surface area contributed by atoms with E-state index in [9.17, 15) is 4.79 Å². The number of rotatable bonds is 2. The first-order chi connectivity index (χ1) is 4.74. The Labute approximate surface area is 55.9 Å². The zero-order chi connectivity index (χ0) is 7.56. The minimum atomic E-state index is -0.638. The van der Waals surface area contributed by atoms with Crippen molar-refractivity contribution in [2.45, 2.75) is 0 Å². The minimum absolute atomic E-state index is 0.0675. The van der Waals surface area contributed by atoms with Crippen LogP contribution in [-0.4, -0.2) is 21.0 Å². The van der Waals surface area contributed by atoms with E-state index in [1.54, 1.807) is 0 Å². The summed E-state index contributed by atoms with van der Waals surface area (Å²) in [5.41, 5.74) is 7.06. The first-order valence-electron chi connectivity index (χ1n) is 2.43. The van der Waals surface area contributed by atoms with Crippen LogP contribution in [0.2, 0.25) is 0 Å². The lowest BCUT2D eigenvalue weighted by molar-refractivity contribution is 0.0995. The highest BCUT2D eigenvalue weighted by molar-refractivity contribution is 5.90. The van der Waals surface area contributed by atoms with Crippen molar-refractivity contribution in [3.05, 3.63) is 11.9 Å². The van der Waals surface area contributed by atoms with Gasteiger partial charge < -0.3 is 5.73 Å². The van der Waals surface area contributed by atoms with Crippen molar-refractivity contribution in [2.24, 2.45) is 11.6 Å². The van der Waals surface area contributed by atoms with E-state index in [1.807, 2.05) is 0 Å². The highest BCUT2D eigenvalue weighted by atomic mass is 16.1. The van der Waals surface area contributed by atoms with Crippen molar-refractivity contribution in [1.29, 1.82) is 0 Å². The van der Waals surface area contributed by atoms with Gasteiger partial charge in [0.1, 0.15) is 0 Å². The van der Waals surface area contributed by atoms with Crippen molar-refractivity contribution in [2.75, 3.05) is 5.53 Å². The third kappa shape index (κ3) is 1.03. The molecule has 1 heterocycles. The fourth-order valence-corrected chi connectivity index (χ4v) is 0.440. The second kappa shape index (κ2) is 2.31. The smallest absolute Gasteiger partial charge is 0.270 e. The van der Waals surface area contributed by atoms with Crippen LogP contribution in [0.5, 0.6) is 0 Å². The van der Waals surface area contributed by atoms with Crippen LogP contribution in [0.1, 0.15) is 10.5 Å². The molecule has 1 amide bonds. The molecule has 0 fully saturated rings. The SMILES string of the molecule is NNn1cc(C(N)=O)nn1. The Morgan fingerprint density at radius 1 is 1.80 bits per heavy atom. The van der Waals surface area contributed by atoms with E-state index in [0.717, 1.165) is 4.79 Å². The van der Waals surface area contributed by atoms with Gasteiger partial charge in [-0.05, 0) is 5.21 Å². The summed E-state index contributed by atoms with van der Waals surface area (Å²) in [7, 11) is 0. The zero-order valence-corrected chi connectivity index (χ0v) is 4.98. The number of hydrazine groups is 1. The van der Waals surface area contributed by atoms with Gasteiger partial charge in [0.2, 0.25) is 0 Å². The van der Waals surface area contributed by atoms with Crippen molar-refractivity contribution in [3.63, 3.8) is 0 Å². The molecule has 0 aliphatic carbocycles. The summed E-state index contributed by atoms with van der Waals surface area (Å²) in [6, 6.07) is 0. The number of nitrogens with zero attached hydrogens (tertiary/aromatic N) is 3. The Morgan fingerprint density at radius 3 is 2.80 bits per heavy atom. The molecule has 0 saturated heterocycles. The van der Waals surface area contributed by atoms with Crippen LogP contribution in [0.4, 0.5) is 0 Å². The van der Waals surface area contributed by atoms with E-state index in [4.69, 9.17) is 11.6 Å². The van der Waals surface area contributed by atoms with E-state index >= 15 is 0 Å². The van der Waals surface area contributed by atoms with Crippen molar-refractivity contribution < 1.29 is 4.79 Å². The van der Waals surface area contributed by atoms with Crippen LogP contribution < -0.4 is 17.1 Å². The molecule has 1 aromatic rings. The molecule has 5 N–H and O–H groups in total. The highest BCUT2D eigenvalue weighted by Gasteiger charge is 2.03. The molecular formula is C3H6N6O. The molecule has 54 valence electrons. The standard InChI is InChI=1S/C3H6N6O/c4-3(10)2-1-9(7-5)8-6-2/h1,7H,5H2,(H2,4,10). The lowest BCUT2D eigenvalue weighted by atomic mass is 10.5. The Kier molecular flexibility index (Phi) is 1.50. The van der Waals surface area contributed by atoms with E-state index in [0.29, 0.717) is 0 Å². The quantitative estimate of drug-likeness (QED) is 0.320. The molecule has 0 atom stereocenters. The number of carbonyl (C=O) groups is 1. The van der Waals surface area contributed by atoms with Gasteiger partial charge in [0.15, 0.2) is 5.69 Å². The van der Waals surface area contributed by atoms with E-state index in [-0.39, 0.29) is 5.69 Å². The van der Waals surface area contributed by atoms with Crippen LogP contribution in [0.3, 0.4) is 0 Å². The van der Waals surface area contributed by atoms with Gasteiger partial charge >= 0.3 is 0 Å². The Hall–Kier alpha value is -1.63. The molecule has 0 spiro atoms. The fourth-order valence-electron chi connectivity index (χ4n) is 0.440. The molecule has 1 aromatic heterocycles. The molecule has 0 unspecified atom stereocenters. The van der Waals surface area contributed by atoms with Gasteiger partial charge in [0.05, 0.1) is 6.20 Å². The maximum Gasteiger partial charge on any atom is 0.270 e. The second-order valence-corrected chi connectivity index (χ2v) is 1.54. The van der Waals surface area contributed by atoms with Gasteiger partial charge in [-0.1, -0.05) is 0 Å². The topological polar surface area (TPSA) is 112 Å². The summed E-state index contributed by atoms with van der Waals surface area (Å²) in [5.74, 6) is 4.28. The lowest BCUT2D eigenvalue weighted by Crippen LogP contribution is -2.22. The minimum Gasteiger partial charge on any atom is -0.364 e. The third-order valence-corrected chi connectivity index (χ3v) is 0.878. The first kappa shape index (κ1) is 6.49. The molecule has 7 heteroatoms. The summed E-state index contributed by atoms with van der Waals surface area (Å²) < 4.78 is 0. The average molecular weight is 142 g/mol. The predicted octanol–water partition coefficient (Wildman–Crippen LogP) is -2.21. The number of hydrogen-bond donors (Lipinski definition) is 3. The number of hydrogen-bond acceptors (Lipinski definition) is 5. The lowest BCUT2D eigenvalue weighted by Gasteiger charge is -1.91. The molecule has 0 radical (unpaired) electrons. The Morgan fingerprint density at radius 2 is 2.50 bits per heavy atom. The van der Waals surface area contributed by atoms with Crippen LogP contribution >= 0.6 is 0 Å². The Balaban J connectivity index is 2.88. The Bertz CT molecular complexity index is 241. The number of primary amides is 1. The van der Waals surface area contributed by atoms with Gasteiger partial charge in [-0.2, -0.15) is 4.79 Å². The fraction of sp³-hybridized carbons (Fsp3) is 0. The molecule has 10 heavy (non-hydrogen) atoms. The van der Waals surface area contributed by atoms with E-state index in [1.165, 1.54) is 6.20 Å². The molecule has 0 aliphatic rings. The zero-order valence-electron chi connectivity index (χ0n) is 4.98. The van der Waals surface area contributed by atoms with Gasteiger partial charge in [-0.3, -0.25) is 4.79 Å².